The molecule has 1 aromatic heterocycles. The van der Waals surface area contributed by atoms with Crippen molar-refractivity contribution in [1.82, 2.24) is 4.98 Å². The minimum atomic E-state index is -0.237. The molecule has 1 N–H and O–H groups in total. The molecule has 0 spiro atoms. The number of carbonyl (C=O) groups is 1. The van der Waals surface area contributed by atoms with E-state index in [0.717, 1.165) is 31.7 Å². The van der Waals surface area contributed by atoms with Crippen molar-refractivity contribution in [3.8, 4) is 0 Å². The number of nitrogens with one attached hydrogen (secondary N) is 1. The van der Waals surface area contributed by atoms with Crippen LogP contribution in [0.4, 0.5) is 11.5 Å². The Kier molecular flexibility index (Phi) is 4.50. The third-order valence-corrected chi connectivity index (χ3v) is 4.46. The SMILES string of the molecule is O=C(Nc1cccc(Cl)c1Cl)c1cccnc1N1CCCC1. The molecule has 1 saturated heterocycles. The molecule has 1 amide bonds. The van der Waals surface area contributed by atoms with Crippen LogP contribution in [-0.4, -0.2) is 24.0 Å². The molecule has 6 heteroatoms. The van der Waals surface area contributed by atoms with Crippen LogP contribution >= 0.6 is 23.2 Å². The van der Waals surface area contributed by atoms with Crippen molar-refractivity contribution in [2.45, 2.75) is 12.8 Å². The molecule has 0 aliphatic carbocycles. The molecule has 22 heavy (non-hydrogen) atoms. The van der Waals surface area contributed by atoms with Crippen LogP contribution in [0.25, 0.3) is 0 Å². The van der Waals surface area contributed by atoms with Crippen LogP contribution in [-0.2, 0) is 0 Å². The molecule has 0 bridgehead atoms. The van der Waals surface area contributed by atoms with Crippen molar-refractivity contribution in [2.24, 2.45) is 0 Å². The number of hydrogen-bond acceptors (Lipinski definition) is 3. The number of carbonyl (C=O) groups excluding carboxylic acids is 1. The van der Waals surface area contributed by atoms with Crippen LogP contribution < -0.4 is 10.2 Å². The van der Waals surface area contributed by atoms with Gasteiger partial charge in [-0.05, 0) is 37.1 Å². The molecule has 0 atom stereocenters. The summed E-state index contributed by atoms with van der Waals surface area (Å²) in [5.41, 5.74) is 1.04. The molecule has 1 fully saturated rings. The van der Waals surface area contributed by atoms with Crippen molar-refractivity contribution in [2.75, 3.05) is 23.3 Å². The normalized spacial score (nSPS) is 14.2. The zero-order chi connectivity index (χ0) is 15.5. The summed E-state index contributed by atoms with van der Waals surface area (Å²) in [6.07, 6.45) is 3.95. The first-order chi connectivity index (χ1) is 10.7. The summed E-state index contributed by atoms with van der Waals surface area (Å²) in [4.78, 5) is 19.1. The number of anilines is 2. The van der Waals surface area contributed by atoms with E-state index >= 15 is 0 Å². The van der Waals surface area contributed by atoms with E-state index in [1.54, 1.807) is 36.5 Å². The van der Waals surface area contributed by atoms with Gasteiger partial charge >= 0.3 is 0 Å². The second kappa shape index (κ2) is 6.55. The molecule has 0 saturated carbocycles. The fourth-order valence-electron chi connectivity index (χ4n) is 2.55. The number of rotatable bonds is 3. The maximum Gasteiger partial charge on any atom is 0.259 e. The largest absolute Gasteiger partial charge is 0.356 e. The third-order valence-electron chi connectivity index (χ3n) is 3.64. The summed E-state index contributed by atoms with van der Waals surface area (Å²) in [6, 6.07) is 8.67. The van der Waals surface area contributed by atoms with E-state index < -0.39 is 0 Å². The lowest BCUT2D eigenvalue weighted by atomic mass is 10.2. The first-order valence-corrected chi connectivity index (χ1v) is 7.88. The number of aromatic nitrogens is 1. The molecule has 4 nitrogen and oxygen atoms in total. The minimum absolute atomic E-state index is 0.237. The smallest absolute Gasteiger partial charge is 0.259 e. The Morgan fingerprint density at radius 1 is 1.14 bits per heavy atom. The second-order valence-corrected chi connectivity index (χ2v) is 5.91. The summed E-state index contributed by atoms with van der Waals surface area (Å²) in [7, 11) is 0. The number of amides is 1. The van der Waals surface area contributed by atoms with Crippen molar-refractivity contribution in [1.29, 1.82) is 0 Å². The average Bonchev–Trinajstić information content (AvgIpc) is 3.06. The Balaban J connectivity index is 1.88. The summed E-state index contributed by atoms with van der Waals surface area (Å²) >= 11 is 12.1. The maximum atomic E-state index is 12.6. The predicted octanol–water partition coefficient (Wildman–Crippen LogP) is 4.24. The quantitative estimate of drug-likeness (QED) is 0.912. The third kappa shape index (κ3) is 3.03. The maximum absolute atomic E-state index is 12.6. The monoisotopic (exact) mass is 335 g/mol. The van der Waals surface area contributed by atoms with Gasteiger partial charge in [0.2, 0.25) is 0 Å². The molecule has 1 aliphatic heterocycles. The number of nitrogens with zero attached hydrogens (tertiary/aromatic N) is 2. The number of halogens is 2. The first kappa shape index (κ1) is 15.1. The Labute approximate surface area is 139 Å². The van der Waals surface area contributed by atoms with Crippen LogP contribution in [0.3, 0.4) is 0 Å². The van der Waals surface area contributed by atoms with E-state index in [-0.39, 0.29) is 5.91 Å². The molecule has 2 heterocycles. The minimum Gasteiger partial charge on any atom is -0.356 e. The lowest BCUT2D eigenvalue weighted by Gasteiger charge is -2.19. The lowest BCUT2D eigenvalue weighted by molar-refractivity contribution is 0.102. The van der Waals surface area contributed by atoms with Gasteiger partial charge in [0.1, 0.15) is 5.82 Å². The molecular weight excluding hydrogens is 321 g/mol. The Morgan fingerprint density at radius 3 is 2.68 bits per heavy atom. The molecule has 0 radical (unpaired) electrons. The molecule has 114 valence electrons. The number of pyridine rings is 1. The van der Waals surface area contributed by atoms with E-state index in [1.165, 1.54) is 0 Å². The molecule has 2 aromatic rings. The Morgan fingerprint density at radius 2 is 1.91 bits per heavy atom. The van der Waals surface area contributed by atoms with E-state index in [9.17, 15) is 4.79 Å². The summed E-state index contributed by atoms with van der Waals surface area (Å²) in [5, 5.41) is 3.55. The molecule has 1 aliphatic rings. The Bertz CT molecular complexity index is 700. The van der Waals surface area contributed by atoms with E-state index in [4.69, 9.17) is 23.2 Å². The van der Waals surface area contributed by atoms with Gasteiger partial charge in [0, 0.05) is 19.3 Å². The standard InChI is InChI=1S/C16H15Cl2N3O/c17-12-6-3-7-13(14(12)18)20-16(22)11-5-4-8-19-15(11)21-9-1-2-10-21/h3-8H,1-2,9-10H2,(H,20,22). The van der Waals surface area contributed by atoms with E-state index in [2.05, 4.69) is 15.2 Å². The fourth-order valence-corrected chi connectivity index (χ4v) is 2.89. The van der Waals surface area contributed by atoms with Crippen LogP contribution in [0, 0.1) is 0 Å². The number of benzene rings is 1. The van der Waals surface area contributed by atoms with Crippen LogP contribution in [0.5, 0.6) is 0 Å². The van der Waals surface area contributed by atoms with Gasteiger partial charge in [0.25, 0.3) is 5.91 Å². The van der Waals surface area contributed by atoms with Gasteiger partial charge in [-0.15, -0.1) is 0 Å². The van der Waals surface area contributed by atoms with Crippen LogP contribution in [0.1, 0.15) is 23.2 Å². The van der Waals surface area contributed by atoms with Gasteiger partial charge in [0.05, 0.1) is 21.3 Å². The highest BCUT2D eigenvalue weighted by molar-refractivity contribution is 6.44. The van der Waals surface area contributed by atoms with Gasteiger partial charge in [-0.25, -0.2) is 4.98 Å². The second-order valence-electron chi connectivity index (χ2n) is 5.12. The highest BCUT2D eigenvalue weighted by Crippen LogP contribution is 2.30. The van der Waals surface area contributed by atoms with Crippen LogP contribution in [0.15, 0.2) is 36.5 Å². The van der Waals surface area contributed by atoms with E-state index in [1.807, 2.05) is 0 Å². The zero-order valence-electron chi connectivity index (χ0n) is 11.9. The topological polar surface area (TPSA) is 45.2 Å². The van der Waals surface area contributed by atoms with Crippen molar-refractivity contribution < 1.29 is 4.79 Å². The average molecular weight is 336 g/mol. The van der Waals surface area contributed by atoms with Crippen LogP contribution in [0.2, 0.25) is 10.0 Å². The molecule has 3 rings (SSSR count). The number of hydrogen-bond donors (Lipinski definition) is 1. The Hall–Kier alpha value is -1.78. The van der Waals surface area contributed by atoms with Gasteiger partial charge in [-0.3, -0.25) is 4.79 Å². The van der Waals surface area contributed by atoms with Gasteiger partial charge in [-0.1, -0.05) is 29.3 Å². The lowest BCUT2D eigenvalue weighted by Crippen LogP contribution is -2.24. The van der Waals surface area contributed by atoms with Crippen molar-refractivity contribution in [3.05, 3.63) is 52.1 Å². The van der Waals surface area contributed by atoms with Crippen molar-refractivity contribution in [3.63, 3.8) is 0 Å². The predicted molar refractivity (Wildman–Crippen MR) is 90.1 cm³/mol. The summed E-state index contributed by atoms with van der Waals surface area (Å²) in [5.74, 6) is 0.481. The zero-order valence-corrected chi connectivity index (χ0v) is 13.4. The summed E-state index contributed by atoms with van der Waals surface area (Å²) < 4.78 is 0. The summed E-state index contributed by atoms with van der Waals surface area (Å²) in [6.45, 7) is 1.85. The highest BCUT2D eigenvalue weighted by Gasteiger charge is 2.21. The fraction of sp³-hybridized carbons (Fsp3) is 0.250. The van der Waals surface area contributed by atoms with Crippen molar-refractivity contribution >= 4 is 40.6 Å². The molecular formula is C16H15Cl2N3O. The highest BCUT2D eigenvalue weighted by atomic mass is 35.5. The molecule has 0 unspecified atom stereocenters. The van der Waals surface area contributed by atoms with E-state index in [0.29, 0.717) is 21.3 Å². The first-order valence-electron chi connectivity index (χ1n) is 7.12. The molecule has 1 aromatic carbocycles. The van der Waals surface area contributed by atoms with Gasteiger partial charge in [0.15, 0.2) is 0 Å². The van der Waals surface area contributed by atoms with Gasteiger partial charge < -0.3 is 10.2 Å². The van der Waals surface area contributed by atoms with Gasteiger partial charge in [-0.2, -0.15) is 0 Å².